The Bertz CT molecular complexity index is 1410. The Morgan fingerprint density at radius 2 is 1.19 bits per heavy atom. The molecule has 36 heavy (non-hydrogen) atoms. The van der Waals surface area contributed by atoms with Gasteiger partial charge in [-0.25, -0.2) is 0 Å². The fourth-order valence-electron chi connectivity index (χ4n) is 6.14. The molecule has 0 spiro atoms. The first-order valence-corrected chi connectivity index (χ1v) is 13.3. The molecule has 2 heteroatoms. The van der Waals surface area contributed by atoms with Gasteiger partial charge in [0.25, 0.3) is 0 Å². The molecule has 0 aliphatic carbocycles. The van der Waals surface area contributed by atoms with Gasteiger partial charge in [-0.2, -0.15) is 0 Å². The summed E-state index contributed by atoms with van der Waals surface area (Å²) in [6.45, 7) is 17.8. The van der Waals surface area contributed by atoms with Crippen LogP contribution in [0.15, 0.2) is 65.7 Å². The highest BCUT2D eigenvalue weighted by Gasteiger charge is 2.44. The van der Waals surface area contributed by atoms with Gasteiger partial charge >= 0.3 is 0 Å². The summed E-state index contributed by atoms with van der Waals surface area (Å²) in [6, 6.07) is 22.9. The standard InChI is InChI=1S/C34H38N2/c1-20(2)30-12-11-26-9-10-27-19-34(28-15-22(5)13-23(6)16-28,29-17-24(7)14-25(8)18-29)33(21(3)4)36-32(27)31(26)35-30/h9-18,20-21H,19H2,1-8H3. The van der Waals surface area contributed by atoms with Crippen molar-refractivity contribution >= 4 is 22.3 Å². The van der Waals surface area contributed by atoms with Gasteiger partial charge in [0.2, 0.25) is 0 Å². The van der Waals surface area contributed by atoms with E-state index >= 15 is 0 Å². The summed E-state index contributed by atoms with van der Waals surface area (Å²) in [7, 11) is 0. The number of rotatable bonds is 4. The number of hydrogen-bond donors (Lipinski definition) is 0. The minimum Gasteiger partial charge on any atom is -0.254 e. The Labute approximate surface area is 216 Å². The summed E-state index contributed by atoms with van der Waals surface area (Å²) in [4.78, 5) is 10.7. The summed E-state index contributed by atoms with van der Waals surface area (Å²) in [6.07, 6.45) is 0.884. The van der Waals surface area contributed by atoms with Crippen LogP contribution in [0, 0.1) is 33.6 Å². The van der Waals surface area contributed by atoms with Crippen molar-refractivity contribution in [1.82, 2.24) is 4.98 Å². The van der Waals surface area contributed by atoms with E-state index in [0.717, 1.165) is 28.7 Å². The second-order valence-electron chi connectivity index (χ2n) is 11.5. The molecule has 0 radical (unpaired) electrons. The molecule has 1 aromatic heterocycles. The number of aromatic nitrogens is 1. The van der Waals surface area contributed by atoms with Crippen LogP contribution >= 0.6 is 0 Å². The van der Waals surface area contributed by atoms with Crippen molar-refractivity contribution in [2.24, 2.45) is 10.9 Å². The van der Waals surface area contributed by atoms with Crippen LogP contribution in [0.1, 0.15) is 78.3 Å². The van der Waals surface area contributed by atoms with Gasteiger partial charge < -0.3 is 0 Å². The van der Waals surface area contributed by atoms with Crippen LogP contribution in [0.25, 0.3) is 10.9 Å². The molecular formula is C34H38N2. The topological polar surface area (TPSA) is 25.2 Å². The molecule has 0 amide bonds. The zero-order valence-electron chi connectivity index (χ0n) is 23.0. The Morgan fingerprint density at radius 1 is 0.667 bits per heavy atom. The Balaban J connectivity index is 1.88. The lowest BCUT2D eigenvalue weighted by molar-refractivity contribution is 0.625. The maximum absolute atomic E-state index is 5.55. The zero-order chi connectivity index (χ0) is 25.8. The molecule has 0 atom stereocenters. The molecule has 0 N–H and O–H groups in total. The van der Waals surface area contributed by atoms with Gasteiger partial charge in [0.1, 0.15) is 0 Å². The zero-order valence-corrected chi connectivity index (χ0v) is 23.0. The Hall–Kier alpha value is -3.26. The van der Waals surface area contributed by atoms with Gasteiger partial charge in [0, 0.05) is 16.8 Å². The van der Waals surface area contributed by atoms with Crippen molar-refractivity contribution < 1.29 is 0 Å². The maximum Gasteiger partial charge on any atom is 0.0964 e. The van der Waals surface area contributed by atoms with E-state index in [4.69, 9.17) is 9.98 Å². The molecule has 1 aliphatic rings. The minimum absolute atomic E-state index is 0.281. The Morgan fingerprint density at radius 3 is 1.69 bits per heavy atom. The second kappa shape index (κ2) is 9.00. The number of aryl methyl sites for hydroxylation is 4. The van der Waals surface area contributed by atoms with Crippen LogP contribution in [0.5, 0.6) is 0 Å². The van der Waals surface area contributed by atoms with E-state index < -0.39 is 0 Å². The van der Waals surface area contributed by atoms with Crippen molar-refractivity contribution in [3.8, 4) is 0 Å². The largest absolute Gasteiger partial charge is 0.254 e. The fraction of sp³-hybridized carbons (Fsp3) is 0.353. The van der Waals surface area contributed by atoms with E-state index in [2.05, 4.69) is 116 Å². The average Bonchev–Trinajstić information content (AvgIpc) is 2.81. The maximum atomic E-state index is 5.55. The summed E-state index contributed by atoms with van der Waals surface area (Å²) in [5.74, 6) is 0.662. The van der Waals surface area contributed by atoms with E-state index in [-0.39, 0.29) is 11.3 Å². The van der Waals surface area contributed by atoms with Crippen LogP contribution < -0.4 is 0 Å². The Kier molecular flexibility index (Phi) is 6.11. The van der Waals surface area contributed by atoms with Crippen LogP contribution in [0.3, 0.4) is 0 Å². The van der Waals surface area contributed by atoms with Crippen molar-refractivity contribution in [1.29, 1.82) is 0 Å². The number of fused-ring (bicyclic) bond motifs is 3. The van der Waals surface area contributed by atoms with Crippen molar-refractivity contribution in [2.75, 3.05) is 0 Å². The SMILES string of the molecule is Cc1cc(C)cc(C2(c3cc(C)cc(C)c3)Cc3ccc4ccc(C(C)C)nc4c3N=C2C(C)C)c1. The van der Waals surface area contributed by atoms with Crippen LogP contribution in [0.2, 0.25) is 0 Å². The van der Waals surface area contributed by atoms with Gasteiger partial charge in [0.05, 0.1) is 16.6 Å². The van der Waals surface area contributed by atoms with Crippen molar-refractivity contribution in [3.05, 3.63) is 105 Å². The highest BCUT2D eigenvalue weighted by atomic mass is 14.9. The van der Waals surface area contributed by atoms with Gasteiger partial charge in [0.15, 0.2) is 0 Å². The van der Waals surface area contributed by atoms with E-state index in [9.17, 15) is 0 Å². The van der Waals surface area contributed by atoms with Gasteiger partial charge in [-0.3, -0.25) is 9.98 Å². The third kappa shape index (κ3) is 4.07. The monoisotopic (exact) mass is 474 g/mol. The molecule has 4 aromatic rings. The number of hydrogen-bond acceptors (Lipinski definition) is 2. The van der Waals surface area contributed by atoms with Gasteiger partial charge in [-0.15, -0.1) is 0 Å². The summed E-state index contributed by atoms with van der Waals surface area (Å²) in [5, 5.41) is 1.16. The molecule has 2 nitrogen and oxygen atoms in total. The van der Waals surface area contributed by atoms with Crippen LogP contribution in [-0.2, 0) is 11.8 Å². The fourth-order valence-corrected chi connectivity index (χ4v) is 6.14. The van der Waals surface area contributed by atoms with E-state index in [1.807, 2.05) is 0 Å². The third-order valence-electron chi connectivity index (χ3n) is 7.63. The third-order valence-corrected chi connectivity index (χ3v) is 7.63. The number of benzene rings is 3. The van der Waals surface area contributed by atoms with E-state index in [0.29, 0.717) is 5.92 Å². The molecule has 0 unspecified atom stereocenters. The predicted molar refractivity (Wildman–Crippen MR) is 154 cm³/mol. The highest BCUT2D eigenvalue weighted by Crippen LogP contribution is 2.48. The molecule has 5 rings (SSSR count). The van der Waals surface area contributed by atoms with Crippen LogP contribution in [-0.4, -0.2) is 10.7 Å². The lowest BCUT2D eigenvalue weighted by Crippen LogP contribution is -2.44. The molecule has 0 bridgehead atoms. The molecule has 0 saturated carbocycles. The van der Waals surface area contributed by atoms with Gasteiger partial charge in [-0.05, 0) is 68.7 Å². The molecule has 2 heterocycles. The smallest absolute Gasteiger partial charge is 0.0964 e. The molecule has 184 valence electrons. The molecule has 0 fully saturated rings. The van der Waals surface area contributed by atoms with E-state index in [1.165, 1.54) is 44.7 Å². The predicted octanol–water partition coefficient (Wildman–Crippen LogP) is 8.86. The lowest BCUT2D eigenvalue weighted by atomic mass is 9.62. The van der Waals surface area contributed by atoms with E-state index in [1.54, 1.807) is 0 Å². The first-order valence-electron chi connectivity index (χ1n) is 13.3. The first-order chi connectivity index (χ1) is 17.1. The highest BCUT2D eigenvalue weighted by molar-refractivity contribution is 6.06. The molecule has 1 aliphatic heterocycles. The quantitative estimate of drug-likeness (QED) is 0.290. The molecular weight excluding hydrogens is 436 g/mol. The molecule has 3 aromatic carbocycles. The number of nitrogens with zero attached hydrogens (tertiary/aromatic N) is 2. The normalized spacial score (nSPS) is 14.9. The number of pyridine rings is 1. The number of aliphatic imine (C=N–C) groups is 1. The second-order valence-corrected chi connectivity index (χ2v) is 11.5. The van der Waals surface area contributed by atoms with Crippen LogP contribution in [0.4, 0.5) is 5.69 Å². The van der Waals surface area contributed by atoms with Gasteiger partial charge in [-0.1, -0.05) is 105 Å². The average molecular weight is 475 g/mol. The summed E-state index contributed by atoms with van der Waals surface area (Å²) in [5.41, 5.74) is 13.3. The minimum atomic E-state index is -0.321. The van der Waals surface area contributed by atoms with Crippen molar-refractivity contribution in [3.63, 3.8) is 0 Å². The lowest BCUT2D eigenvalue weighted by Gasteiger charge is -2.42. The molecule has 0 saturated heterocycles. The van der Waals surface area contributed by atoms with Crippen molar-refractivity contribution in [2.45, 2.75) is 73.1 Å². The summed E-state index contributed by atoms with van der Waals surface area (Å²) < 4.78 is 0. The first kappa shape index (κ1) is 24.4. The summed E-state index contributed by atoms with van der Waals surface area (Å²) >= 11 is 0.